The fraction of sp³-hybridized carbons (Fsp3) is 0.231. The van der Waals surface area contributed by atoms with Crippen molar-refractivity contribution >= 4 is 5.84 Å². The summed E-state index contributed by atoms with van der Waals surface area (Å²) in [6, 6.07) is 9.13. The molecule has 94 valence electrons. The van der Waals surface area contributed by atoms with Gasteiger partial charge in [0, 0.05) is 17.5 Å². The number of rotatable bonds is 5. The summed E-state index contributed by atoms with van der Waals surface area (Å²) in [6.07, 6.45) is 1.77. The number of benzene rings is 1. The van der Waals surface area contributed by atoms with Gasteiger partial charge in [-0.05, 0) is 37.3 Å². The lowest BCUT2D eigenvalue weighted by molar-refractivity contribution is 0.290. The lowest BCUT2D eigenvalue weighted by Gasteiger charge is -2.08. The molecule has 1 heterocycles. The van der Waals surface area contributed by atoms with Crippen LogP contribution in [0.3, 0.4) is 0 Å². The average molecular weight is 244 g/mol. The Morgan fingerprint density at radius 1 is 1.33 bits per heavy atom. The summed E-state index contributed by atoms with van der Waals surface area (Å²) in [5.41, 5.74) is 7.19. The van der Waals surface area contributed by atoms with Crippen molar-refractivity contribution in [2.24, 2.45) is 5.73 Å². The van der Waals surface area contributed by atoms with Crippen LogP contribution in [0.25, 0.3) is 0 Å². The molecule has 1 aromatic heterocycles. The van der Waals surface area contributed by atoms with Crippen LogP contribution in [0.15, 0.2) is 36.5 Å². The first-order chi connectivity index (χ1) is 8.66. The fourth-order valence-corrected chi connectivity index (χ4v) is 1.61. The molecule has 0 amide bonds. The number of aryl methyl sites for hydroxylation is 1. The molecule has 18 heavy (non-hydrogen) atoms. The topological polar surface area (TPSA) is 76.9 Å². The predicted octanol–water partition coefficient (Wildman–Crippen LogP) is 1.55. The summed E-state index contributed by atoms with van der Waals surface area (Å²) in [5.74, 6) is 0.832. The summed E-state index contributed by atoms with van der Waals surface area (Å²) >= 11 is 0. The van der Waals surface area contributed by atoms with Gasteiger partial charge in [0.1, 0.15) is 18.2 Å². The Kier molecular flexibility index (Phi) is 3.62. The van der Waals surface area contributed by atoms with Crippen molar-refractivity contribution < 1.29 is 4.74 Å². The smallest absolute Gasteiger partial charge is 0.122 e. The van der Waals surface area contributed by atoms with Gasteiger partial charge in [-0.2, -0.15) is 5.10 Å². The van der Waals surface area contributed by atoms with Gasteiger partial charge in [0.15, 0.2) is 0 Å². The summed E-state index contributed by atoms with van der Waals surface area (Å²) < 4.78 is 7.49. The van der Waals surface area contributed by atoms with Gasteiger partial charge >= 0.3 is 0 Å². The van der Waals surface area contributed by atoms with Crippen molar-refractivity contribution in [3.63, 3.8) is 0 Å². The number of ether oxygens (including phenoxy) is 1. The second-order valence-corrected chi connectivity index (χ2v) is 3.98. The normalized spacial score (nSPS) is 10.3. The Bertz CT molecular complexity index is 530. The van der Waals surface area contributed by atoms with E-state index in [9.17, 15) is 0 Å². The Morgan fingerprint density at radius 3 is 2.61 bits per heavy atom. The zero-order valence-electron chi connectivity index (χ0n) is 10.3. The average Bonchev–Trinajstić information content (AvgIpc) is 2.76. The summed E-state index contributed by atoms with van der Waals surface area (Å²) in [7, 11) is 0. The first kappa shape index (κ1) is 12.2. The molecule has 0 spiro atoms. The molecule has 0 radical (unpaired) electrons. The van der Waals surface area contributed by atoms with Crippen LogP contribution in [-0.2, 0) is 6.54 Å². The zero-order chi connectivity index (χ0) is 13.0. The molecule has 5 heteroatoms. The van der Waals surface area contributed by atoms with Crippen LogP contribution in [-0.4, -0.2) is 22.2 Å². The molecule has 3 N–H and O–H groups in total. The SMILES string of the molecule is Cc1ccnn1CCOc1ccc(C(=N)N)cc1. The largest absolute Gasteiger partial charge is 0.492 e. The zero-order valence-corrected chi connectivity index (χ0v) is 10.3. The van der Waals surface area contributed by atoms with Crippen molar-refractivity contribution in [1.82, 2.24) is 9.78 Å². The fourth-order valence-electron chi connectivity index (χ4n) is 1.61. The van der Waals surface area contributed by atoms with Crippen LogP contribution < -0.4 is 10.5 Å². The van der Waals surface area contributed by atoms with E-state index in [1.54, 1.807) is 18.3 Å². The minimum atomic E-state index is 0.0636. The van der Waals surface area contributed by atoms with Crippen LogP contribution in [0.4, 0.5) is 0 Å². The Morgan fingerprint density at radius 2 is 2.06 bits per heavy atom. The van der Waals surface area contributed by atoms with Crippen LogP contribution in [0.1, 0.15) is 11.3 Å². The van der Waals surface area contributed by atoms with Crippen molar-refractivity contribution in [3.8, 4) is 5.75 Å². The number of hydrogen-bond donors (Lipinski definition) is 2. The highest BCUT2D eigenvalue weighted by Crippen LogP contribution is 2.11. The molecule has 0 saturated carbocycles. The third-order valence-electron chi connectivity index (χ3n) is 2.67. The summed E-state index contributed by atoms with van der Waals surface area (Å²) in [4.78, 5) is 0. The number of nitrogens with one attached hydrogen (secondary N) is 1. The second kappa shape index (κ2) is 5.35. The van der Waals surface area contributed by atoms with Gasteiger partial charge in [-0.25, -0.2) is 0 Å². The maximum Gasteiger partial charge on any atom is 0.122 e. The third-order valence-corrected chi connectivity index (χ3v) is 2.67. The highest BCUT2D eigenvalue weighted by atomic mass is 16.5. The molecule has 0 atom stereocenters. The van der Waals surface area contributed by atoms with Crippen LogP contribution in [0.5, 0.6) is 5.75 Å². The molecule has 0 saturated heterocycles. The maximum atomic E-state index is 7.29. The molecule has 0 aliphatic rings. The van der Waals surface area contributed by atoms with Crippen molar-refractivity contribution in [3.05, 3.63) is 47.8 Å². The van der Waals surface area contributed by atoms with E-state index in [-0.39, 0.29) is 5.84 Å². The summed E-state index contributed by atoms with van der Waals surface area (Å²) in [6.45, 7) is 3.28. The van der Waals surface area contributed by atoms with E-state index in [0.717, 1.165) is 11.4 Å². The Hall–Kier alpha value is -2.30. The van der Waals surface area contributed by atoms with Gasteiger partial charge in [0.05, 0.1) is 6.54 Å². The molecule has 0 unspecified atom stereocenters. The molecule has 0 aliphatic carbocycles. The highest BCUT2D eigenvalue weighted by Gasteiger charge is 1.99. The van der Waals surface area contributed by atoms with E-state index in [0.29, 0.717) is 18.7 Å². The van der Waals surface area contributed by atoms with E-state index in [1.165, 1.54) is 0 Å². The summed E-state index contributed by atoms with van der Waals surface area (Å²) in [5, 5.41) is 11.5. The van der Waals surface area contributed by atoms with E-state index in [4.69, 9.17) is 15.9 Å². The second-order valence-electron chi connectivity index (χ2n) is 3.98. The van der Waals surface area contributed by atoms with Crippen LogP contribution >= 0.6 is 0 Å². The van der Waals surface area contributed by atoms with E-state index in [1.807, 2.05) is 29.8 Å². The molecule has 0 fully saturated rings. The number of aromatic nitrogens is 2. The van der Waals surface area contributed by atoms with Crippen LogP contribution in [0.2, 0.25) is 0 Å². The van der Waals surface area contributed by atoms with Crippen molar-refractivity contribution in [2.45, 2.75) is 13.5 Å². The lowest BCUT2D eigenvalue weighted by atomic mass is 10.2. The van der Waals surface area contributed by atoms with E-state index >= 15 is 0 Å². The number of amidine groups is 1. The molecular formula is C13H16N4O. The Balaban J connectivity index is 1.87. The number of hydrogen-bond acceptors (Lipinski definition) is 3. The van der Waals surface area contributed by atoms with Crippen molar-refractivity contribution in [1.29, 1.82) is 5.41 Å². The molecule has 0 aliphatic heterocycles. The van der Waals surface area contributed by atoms with Gasteiger partial charge in [0.2, 0.25) is 0 Å². The number of nitrogen functional groups attached to an aromatic ring is 1. The van der Waals surface area contributed by atoms with E-state index < -0.39 is 0 Å². The quantitative estimate of drug-likeness (QED) is 0.619. The standard InChI is InChI=1S/C13H16N4O/c1-10-6-7-16-17(10)8-9-18-12-4-2-11(3-5-12)13(14)15/h2-7H,8-9H2,1H3,(H3,14,15). The monoisotopic (exact) mass is 244 g/mol. The van der Waals surface area contributed by atoms with Gasteiger partial charge in [0.25, 0.3) is 0 Å². The molecule has 5 nitrogen and oxygen atoms in total. The third kappa shape index (κ3) is 2.88. The van der Waals surface area contributed by atoms with Gasteiger partial charge in [-0.15, -0.1) is 0 Å². The van der Waals surface area contributed by atoms with Crippen LogP contribution in [0, 0.1) is 12.3 Å². The maximum absolute atomic E-state index is 7.29. The molecule has 1 aromatic carbocycles. The first-order valence-electron chi connectivity index (χ1n) is 5.72. The van der Waals surface area contributed by atoms with E-state index in [2.05, 4.69) is 5.10 Å². The molecule has 2 rings (SSSR count). The van der Waals surface area contributed by atoms with Gasteiger partial charge < -0.3 is 10.5 Å². The molecule has 2 aromatic rings. The molecular weight excluding hydrogens is 228 g/mol. The molecule has 0 bridgehead atoms. The minimum Gasteiger partial charge on any atom is -0.492 e. The lowest BCUT2D eigenvalue weighted by Crippen LogP contribution is -2.12. The number of nitrogens with zero attached hydrogens (tertiary/aromatic N) is 2. The predicted molar refractivity (Wildman–Crippen MR) is 69.9 cm³/mol. The highest BCUT2D eigenvalue weighted by molar-refractivity contribution is 5.94. The minimum absolute atomic E-state index is 0.0636. The Labute approximate surface area is 106 Å². The first-order valence-corrected chi connectivity index (χ1v) is 5.72. The number of nitrogens with two attached hydrogens (primary N) is 1. The van der Waals surface area contributed by atoms with Gasteiger partial charge in [-0.3, -0.25) is 10.1 Å². The van der Waals surface area contributed by atoms with Crippen molar-refractivity contribution in [2.75, 3.05) is 6.61 Å². The van der Waals surface area contributed by atoms with Gasteiger partial charge in [-0.1, -0.05) is 0 Å².